The van der Waals surface area contributed by atoms with Gasteiger partial charge in [-0.2, -0.15) is 0 Å². The number of hydrogen-bond acceptors (Lipinski definition) is 1. The Bertz CT molecular complexity index is 707. The minimum atomic E-state index is -0.904. The summed E-state index contributed by atoms with van der Waals surface area (Å²) < 4.78 is 2.40. The Hall–Kier alpha value is -2.03. The van der Waals surface area contributed by atoms with Gasteiger partial charge in [-0.25, -0.2) is 4.79 Å². The van der Waals surface area contributed by atoms with E-state index < -0.39 is 5.97 Å². The van der Waals surface area contributed by atoms with E-state index in [1.165, 1.54) is 33.8 Å². The molecule has 0 saturated heterocycles. The first-order valence-corrected chi connectivity index (χ1v) is 6.61. The van der Waals surface area contributed by atoms with Gasteiger partial charge < -0.3 is 9.67 Å². The number of hydrogen-bond donors (Lipinski definition) is 1. The van der Waals surface area contributed by atoms with Crippen molar-refractivity contribution in [3.63, 3.8) is 0 Å². The molecule has 1 aromatic heterocycles. The van der Waals surface area contributed by atoms with Crippen LogP contribution in [0.15, 0.2) is 18.2 Å². The lowest BCUT2D eigenvalue weighted by molar-refractivity contribution is -0.131. The van der Waals surface area contributed by atoms with Crippen LogP contribution in [-0.4, -0.2) is 15.6 Å². The second-order valence-electron chi connectivity index (χ2n) is 5.21. The maximum Gasteiger partial charge on any atom is 0.328 e. The number of nitrogens with zero attached hydrogens (tertiary/aromatic N) is 1. The topological polar surface area (TPSA) is 42.2 Å². The number of aryl methyl sites for hydroxylation is 3. The lowest BCUT2D eigenvalue weighted by Gasteiger charge is -2.17. The zero-order valence-electron chi connectivity index (χ0n) is 11.2. The highest BCUT2D eigenvalue weighted by Crippen LogP contribution is 2.33. The SMILES string of the molecule is Cc1c(C)n2c3c(cc(/C=C/C(=O)O)cc13)CCC2. The van der Waals surface area contributed by atoms with Crippen molar-refractivity contribution >= 4 is 22.9 Å². The van der Waals surface area contributed by atoms with Crippen molar-refractivity contribution < 1.29 is 9.90 Å². The van der Waals surface area contributed by atoms with Gasteiger partial charge in [0.25, 0.3) is 0 Å². The molecule has 0 fully saturated rings. The highest BCUT2D eigenvalue weighted by Gasteiger charge is 2.18. The first-order chi connectivity index (χ1) is 9.08. The maximum absolute atomic E-state index is 10.6. The van der Waals surface area contributed by atoms with Crippen LogP contribution in [0.5, 0.6) is 0 Å². The van der Waals surface area contributed by atoms with Gasteiger partial charge in [0, 0.05) is 23.7 Å². The number of aliphatic carboxylic acids is 1. The monoisotopic (exact) mass is 255 g/mol. The molecule has 1 aliphatic heterocycles. The molecule has 1 N–H and O–H groups in total. The van der Waals surface area contributed by atoms with E-state index in [0.29, 0.717) is 0 Å². The normalized spacial score (nSPS) is 14.4. The third kappa shape index (κ3) is 1.86. The average Bonchev–Trinajstić information content (AvgIpc) is 2.64. The summed E-state index contributed by atoms with van der Waals surface area (Å²) in [6, 6.07) is 4.22. The van der Waals surface area contributed by atoms with Crippen molar-refractivity contribution in [2.45, 2.75) is 33.2 Å². The molecule has 2 aromatic rings. The lowest BCUT2D eigenvalue weighted by atomic mass is 9.99. The number of carboxylic acids is 1. The van der Waals surface area contributed by atoms with E-state index in [-0.39, 0.29) is 0 Å². The van der Waals surface area contributed by atoms with Crippen molar-refractivity contribution in [1.82, 2.24) is 4.57 Å². The molecule has 3 nitrogen and oxygen atoms in total. The van der Waals surface area contributed by atoms with Crippen LogP contribution in [0.3, 0.4) is 0 Å². The molecular weight excluding hydrogens is 238 g/mol. The predicted molar refractivity (Wildman–Crippen MR) is 76.4 cm³/mol. The predicted octanol–water partition coefficient (Wildman–Crippen LogP) is 3.30. The number of aromatic nitrogens is 1. The molecule has 0 radical (unpaired) electrons. The van der Waals surface area contributed by atoms with Crippen LogP contribution in [0, 0.1) is 13.8 Å². The van der Waals surface area contributed by atoms with Gasteiger partial charge in [0.1, 0.15) is 0 Å². The molecule has 0 spiro atoms. The van der Waals surface area contributed by atoms with Crippen LogP contribution in [0.2, 0.25) is 0 Å². The summed E-state index contributed by atoms with van der Waals surface area (Å²) in [4.78, 5) is 10.6. The van der Waals surface area contributed by atoms with Gasteiger partial charge in [-0.1, -0.05) is 0 Å². The quantitative estimate of drug-likeness (QED) is 0.837. The van der Waals surface area contributed by atoms with Gasteiger partial charge in [-0.15, -0.1) is 0 Å². The summed E-state index contributed by atoms with van der Waals surface area (Å²) in [5.41, 5.74) is 6.30. The molecule has 1 aromatic carbocycles. The van der Waals surface area contributed by atoms with E-state index >= 15 is 0 Å². The summed E-state index contributed by atoms with van der Waals surface area (Å²) in [7, 11) is 0. The minimum Gasteiger partial charge on any atom is -0.478 e. The van der Waals surface area contributed by atoms with Crippen LogP contribution >= 0.6 is 0 Å². The largest absolute Gasteiger partial charge is 0.478 e. The summed E-state index contributed by atoms with van der Waals surface area (Å²) in [5.74, 6) is -0.904. The highest BCUT2D eigenvalue weighted by molar-refractivity contribution is 5.92. The molecule has 3 rings (SSSR count). The molecule has 0 bridgehead atoms. The Kier molecular flexibility index (Phi) is 2.70. The zero-order chi connectivity index (χ0) is 13.6. The van der Waals surface area contributed by atoms with Gasteiger partial charge in [0.05, 0.1) is 5.52 Å². The third-order valence-electron chi connectivity index (χ3n) is 4.08. The Morgan fingerprint density at radius 2 is 2.16 bits per heavy atom. The van der Waals surface area contributed by atoms with Crippen molar-refractivity contribution in [3.05, 3.63) is 40.6 Å². The van der Waals surface area contributed by atoms with Crippen molar-refractivity contribution in [2.75, 3.05) is 0 Å². The Morgan fingerprint density at radius 1 is 1.37 bits per heavy atom. The molecule has 19 heavy (non-hydrogen) atoms. The number of benzene rings is 1. The van der Waals surface area contributed by atoms with Crippen molar-refractivity contribution in [3.8, 4) is 0 Å². The van der Waals surface area contributed by atoms with E-state index in [1.54, 1.807) is 6.08 Å². The smallest absolute Gasteiger partial charge is 0.328 e. The zero-order valence-corrected chi connectivity index (χ0v) is 11.2. The summed E-state index contributed by atoms with van der Waals surface area (Å²) in [6.07, 6.45) is 5.12. The lowest BCUT2D eigenvalue weighted by Crippen LogP contribution is -2.08. The van der Waals surface area contributed by atoms with Gasteiger partial charge in [-0.3, -0.25) is 0 Å². The summed E-state index contributed by atoms with van der Waals surface area (Å²) in [5, 5.41) is 10.0. The molecule has 0 amide bonds. The third-order valence-corrected chi connectivity index (χ3v) is 4.08. The minimum absolute atomic E-state index is 0.904. The van der Waals surface area contributed by atoms with E-state index in [4.69, 9.17) is 5.11 Å². The molecule has 0 atom stereocenters. The summed E-state index contributed by atoms with van der Waals surface area (Å²) >= 11 is 0. The fourth-order valence-electron chi connectivity index (χ4n) is 3.05. The fraction of sp³-hybridized carbons (Fsp3) is 0.312. The van der Waals surface area contributed by atoms with E-state index in [9.17, 15) is 4.79 Å². The van der Waals surface area contributed by atoms with Crippen LogP contribution in [0.1, 0.15) is 28.8 Å². The molecule has 0 unspecified atom stereocenters. The van der Waals surface area contributed by atoms with Crippen LogP contribution < -0.4 is 0 Å². The molecule has 98 valence electrons. The highest BCUT2D eigenvalue weighted by atomic mass is 16.4. The molecule has 1 aliphatic rings. The molecule has 0 aliphatic carbocycles. The average molecular weight is 255 g/mol. The maximum atomic E-state index is 10.6. The van der Waals surface area contributed by atoms with Gasteiger partial charge in [0.15, 0.2) is 0 Å². The second-order valence-corrected chi connectivity index (χ2v) is 5.21. The Labute approximate surface area is 112 Å². The molecule has 2 heterocycles. The Morgan fingerprint density at radius 3 is 2.89 bits per heavy atom. The fourth-order valence-corrected chi connectivity index (χ4v) is 3.05. The molecular formula is C16H17NO2. The van der Waals surface area contributed by atoms with Gasteiger partial charge in [0.2, 0.25) is 0 Å². The van der Waals surface area contributed by atoms with Gasteiger partial charge >= 0.3 is 5.97 Å². The first kappa shape index (κ1) is 12.0. The van der Waals surface area contributed by atoms with Crippen LogP contribution in [0.25, 0.3) is 17.0 Å². The second kappa shape index (κ2) is 4.26. The number of carbonyl (C=O) groups is 1. The standard InChI is InChI=1S/C16H17NO2/c1-10-11(2)17-7-3-4-13-8-12(5-6-15(18)19)9-14(10)16(13)17/h5-6,8-9H,3-4,7H2,1-2H3,(H,18,19)/b6-5+. The Balaban J connectivity index is 2.26. The molecule has 0 saturated carbocycles. The van der Waals surface area contributed by atoms with E-state index in [0.717, 1.165) is 24.9 Å². The molecule has 3 heteroatoms. The van der Waals surface area contributed by atoms with E-state index in [1.807, 2.05) is 0 Å². The van der Waals surface area contributed by atoms with Crippen LogP contribution in [-0.2, 0) is 17.8 Å². The number of rotatable bonds is 2. The van der Waals surface area contributed by atoms with Gasteiger partial charge in [-0.05, 0) is 61.6 Å². The summed E-state index contributed by atoms with van der Waals surface area (Å²) in [6.45, 7) is 5.40. The van der Waals surface area contributed by atoms with Crippen LogP contribution in [0.4, 0.5) is 0 Å². The first-order valence-electron chi connectivity index (χ1n) is 6.61. The van der Waals surface area contributed by atoms with Crippen molar-refractivity contribution in [1.29, 1.82) is 0 Å². The van der Waals surface area contributed by atoms with E-state index in [2.05, 4.69) is 30.5 Å². The number of carboxylic acid groups (broad SMARTS) is 1. The van der Waals surface area contributed by atoms with Crippen molar-refractivity contribution in [2.24, 2.45) is 0 Å².